The van der Waals surface area contributed by atoms with Gasteiger partial charge in [0.15, 0.2) is 0 Å². The number of carbonyl (C=O) groups excluding carboxylic acids is 1. The van der Waals surface area contributed by atoms with Crippen LogP contribution in [0, 0.1) is 0 Å². The third-order valence-electron chi connectivity index (χ3n) is 3.59. The van der Waals surface area contributed by atoms with Gasteiger partial charge in [-0.15, -0.1) is 11.8 Å². The summed E-state index contributed by atoms with van der Waals surface area (Å²) in [7, 11) is 0. The average Bonchev–Trinajstić information content (AvgIpc) is 2.86. The van der Waals surface area contributed by atoms with Gasteiger partial charge in [-0.05, 0) is 64.1 Å². The van der Waals surface area contributed by atoms with Gasteiger partial charge in [-0.3, -0.25) is 9.69 Å². The van der Waals surface area contributed by atoms with Crippen LogP contribution in [0.15, 0.2) is 29.2 Å². The summed E-state index contributed by atoms with van der Waals surface area (Å²) < 4.78 is 5.54. The fraction of sp³-hybridized carbons (Fsp3) is 0.588. The van der Waals surface area contributed by atoms with Crippen LogP contribution in [0.4, 0.5) is 0 Å². The van der Waals surface area contributed by atoms with E-state index in [1.54, 1.807) is 11.8 Å². The van der Waals surface area contributed by atoms with Gasteiger partial charge in [-0.2, -0.15) is 0 Å². The van der Waals surface area contributed by atoms with E-state index in [0.29, 0.717) is 0 Å². The summed E-state index contributed by atoms with van der Waals surface area (Å²) >= 11 is 1.74. The van der Waals surface area contributed by atoms with Crippen molar-refractivity contribution in [3.05, 3.63) is 29.8 Å². The summed E-state index contributed by atoms with van der Waals surface area (Å²) in [5.74, 6) is -0.0827. The maximum atomic E-state index is 12.3. The van der Waals surface area contributed by atoms with Crippen molar-refractivity contribution in [1.82, 2.24) is 4.90 Å². The molecular formula is C17H25NO2S. The molecule has 1 aromatic carbocycles. The highest BCUT2D eigenvalue weighted by atomic mass is 32.2. The number of esters is 1. The molecule has 4 heteroatoms. The number of hydrogen-bond donors (Lipinski definition) is 0. The molecular weight excluding hydrogens is 282 g/mol. The largest absolute Gasteiger partial charge is 0.459 e. The van der Waals surface area contributed by atoms with E-state index in [4.69, 9.17) is 4.74 Å². The highest BCUT2D eigenvalue weighted by Gasteiger charge is 2.33. The fourth-order valence-corrected chi connectivity index (χ4v) is 3.03. The van der Waals surface area contributed by atoms with Gasteiger partial charge < -0.3 is 4.74 Å². The third kappa shape index (κ3) is 4.75. The second kappa shape index (κ2) is 6.84. The zero-order valence-electron chi connectivity index (χ0n) is 13.4. The van der Waals surface area contributed by atoms with E-state index in [-0.39, 0.29) is 12.0 Å². The monoisotopic (exact) mass is 307 g/mol. The molecule has 0 saturated carbocycles. The first-order valence-electron chi connectivity index (χ1n) is 7.49. The molecule has 0 amide bonds. The predicted molar refractivity (Wildman–Crippen MR) is 87.5 cm³/mol. The number of ether oxygens (including phenoxy) is 1. The van der Waals surface area contributed by atoms with Gasteiger partial charge >= 0.3 is 5.97 Å². The number of carbonyl (C=O) groups is 1. The van der Waals surface area contributed by atoms with E-state index in [1.807, 2.05) is 20.8 Å². The van der Waals surface area contributed by atoms with Crippen LogP contribution in [-0.4, -0.2) is 35.3 Å². The Labute approximate surface area is 132 Å². The van der Waals surface area contributed by atoms with Crippen molar-refractivity contribution >= 4 is 17.7 Å². The molecule has 1 fully saturated rings. The summed E-state index contributed by atoms with van der Waals surface area (Å²) in [6.07, 6.45) is 4.04. The molecule has 1 aliphatic rings. The first kappa shape index (κ1) is 16.4. The molecule has 0 aromatic heterocycles. The minimum atomic E-state index is -0.411. The van der Waals surface area contributed by atoms with Crippen molar-refractivity contribution in [2.45, 2.75) is 56.7 Å². The fourth-order valence-electron chi connectivity index (χ4n) is 2.62. The molecule has 0 N–H and O–H groups in total. The highest BCUT2D eigenvalue weighted by molar-refractivity contribution is 7.98. The van der Waals surface area contributed by atoms with Crippen LogP contribution in [0.1, 0.15) is 39.2 Å². The summed E-state index contributed by atoms with van der Waals surface area (Å²) in [6.45, 7) is 7.55. The SMILES string of the molecule is CSc1ccc(CN2CCC[C@H]2C(=O)OC(C)(C)C)cc1. The zero-order valence-corrected chi connectivity index (χ0v) is 14.2. The second-order valence-corrected chi connectivity index (χ2v) is 7.39. The van der Waals surface area contributed by atoms with Crippen LogP contribution >= 0.6 is 11.8 Å². The topological polar surface area (TPSA) is 29.5 Å². The third-order valence-corrected chi connectivity index (χ3v) is 4.33. The lowest BCUT2D eigenvalue weighted by atomic mass is 10.1. The highest BCUT2D eigenvalue weighted by Crippen LogP contribution is 2.24. The van der Waals surface area contributed by atoms with Crippen LogP contribution in [-0.2, 0) is 16.1 Å². The Morgan fingerprint density at radius 2 is 2.00 bits per heavy atom. The van der Waals surface area contributed by atoms with Gasteiger partial charge in [-0.1, -0.05) is 12.1 Å². The number of thioether (sulfide) groups is 1. The molecule has 0 bridgehead atoms. The molecule has 3 nitrogen and oxygen atoms in total. The summed E-state index contributed by atoms with van der Waals surface area (Å²) in [5, 5.41) is 0. The van der Waals surface area contributed by atoms with Crippen LogP contribution in [0.5, 0.6) is 0 Å². The lowest BCUT2D eigenvalue weighted by molar-refractivity contribution is -0.160. The Balaban J connectivity index is 1.99. The van der Waals surface area contributed by atoms with Crippen LogP contribution in [0.3, 0.4) is 0 Å². The zero-order chi connectivity index (χ0) is 15.5. The molecule has 1 heterocycles. The number of likely N-dealkylation sites (tertiary alicyclic amines) is 1. The van der Waals surface area contributed by atoms with E-state index in [1.165, 1.54) is 10.5 Å². The van der Waals surface area contributed by atoms with Crippen LogP contribution in [0.2, 0.25) is 0 Å². The van der Waals surface area contributed by atoms with Crippen LogP contribution in [0.25, 0.3) is 0 Å². The Kier molecular flexibility index (Phi) is 5.33. The van der Waals surface area contributed by atoms with Gasteiger partial charge in [0.25, 0.3) is 0 Å². The van der Waals surface area contributed by atoms with E-state index in [9.17, 15) is 4.79 Å². The van der Waals surface area contributed by atoms with Crippen molar-refractivity contribution in [3.8, 4) is 0 Å². The van der Waals surface area contributed by atoms with E-state index in [0.717, 1.165) is 25.9 Å². The molecule has 1 saturated heterocycles. The van der Waals surface area contributed by atoms with Gasteiger partial charge in [0.05, 0.1) is 0 Å². The molecule has 1 aromatic rings. The lowest BCUT2D eigenvalue weighted by Crippen LogP contribution is -2.40. The molecule has 1 aliphatic heterocycles. The van der Waals surface area contributed by atoms with Crippen LogP contribution < -0.4 is 0 Å². The standard InChI is InChI=1S/C17H25NO2S/c1-17(2,3)20-16(19)15-6-5-11-18(15)12-13-7-9-14(21-4)10-8-13/h7-10,15H,5-6,11-12H2,1-4H3/t15-/m0/s1. The van der Waals surface area contributed by atoms with Crippen molar-refractivity contribution in [2.24, 2.45) is 0 Å². The lowest BCUT2D eigenvalue weighted by Gasteiger charge is -2.27. The maximum absolute atomic E-state index is 12.3. The van der Waals surface area contributed by atoms with Crippen molar-refractivity contribution in [2.75, 3.05) is 12.8 Å². The summed E-state index contributed by atoms with van der Waals surface area (Å²) in [6, 6.07) is 8.48. The molecule has 21 heavy (non-hydrogen) atoms. The summed E-state index contributed by atoms with van der Waals surface area (Å²) in [5.41, 5.74) is 0.842. The smallest absolute Gasteiger partial charge is 0.323 e. The minimum absolute atomic E-state index is 0.0827. The van der Waals surface area contributed by atoms with E-state index < -0.39 is 5.60 Å². The molecule has 0 radical (unpaired) electrons. The first-order valence-corrected chi connectivity index (χ1v) is 8.71. The number of rotatable bonds is 4. The maximum Gasteiger partial charge on any atom is 0.323 e. The Morgan fingerprint density at radius 3 is 2.57 bits per heavy atom. The van der Waals surface area contributed by atoms with E-state index >= 15 is 0 Å². The van der Waals surface area contributed by atoms with Gasteiger partial charge in [0.2, 0.25) is 0 Å². The first-order chi connectivity index (χ1) is 9.89. The number of nitrogens with zero attached hydrogens (tertiary/aromatic N) is 1. The number of benzene rings is 1. The van der Waals surface area contributed by atoms with Crippen molar-refractivity contribution < 1.29 is 9.53 Å². The second-order valence-electron chi connectivity index (χ2n) is 6.51. The van der Waals surface area contributed by atoms with Gasteiger partial charge in [0, 0.05) is 11.4 Å². The Hall–Kier alpha value is -1.00. The normalized spacial score (nSPS) is 19.7. The quantitative estimate of drug-likeness (QED) is 0.626. The van der Waals surface area contributed by atoms with Gasteiger partial charge in [0.1, 0.15) is 11.6 Å². The average molecular weight is 307 g/mol. The molecule has 116 valence electrons. The number of hydrogen-bond acceptors (Lipinski definition) is 4. The molecule has 1 atom stereocenters. The molecule has 0 aliphatic carbocycles. The minimum Gasteiger partial charge on any atom is -0.459 e. The molecule has 2 rings (SSSR count). The van der Waals surface area contributed by atoms with Gasteiger partial charge in [-0.25, -0.2) is 0 Å². The summed E-state index contributed by atoms with van der Waals surface area (Å²) in [4.78, 5) is 15.8. The van der Waals surface area contributed by atoms with E-state index in [2.05, 4.69) is 35.4 Å². The molecule has 0 spiro atoms. The van der Waals surface area contributed by atoms with Crippen molar-refractivity contribution in [1.29, 1.82) is 0 Å². The van der Waals surface area contributed by atoms with Crippen molar-refractivity contribution in [3.63, 3.8) is 0 Å². The Bertz CT molecular complexity index is 479. The predicted octanol–water partition coefficient (Wildman–Crippen LogP) is 3.71. The Morgan fingerprint density at radius 1 is 1.33 bits per heavy atom. The molecule has 0 unspecified atom stereocenters.